The number of likely N-dealkylation sites (N-methyl/N-ethyl adjacent to an activating group) is 1. The Labute approximate surface area is 212 Å². The Morgan fingerprint density at radius 1 is 0.829 bits per heavy atom. The summed E-state index contributed by atoms with van der Waals surface area (Å²) in [5.74, 6) is 0.772. The van der Waals surface area contributed by atoms with Gasteiger partial charge in [-0.25, -0.2) is 0 Å². The Morgan fingerprint density at radius 2 is 1.49 bits per heavy atom. The van der Waals surface area contributed by atoms with Crippen molar-refractivity contribution < 1.29 is 14.3 Å². The van der Waals surface area contributed by atoms with Gasteiger partial charge in [0.2, 0.25) is 11.5 Å². The quantitative estimate of drug-likeness (QED) is 0.631. The van der Waals surface area contributed by atoms with Gasteiger partial charge in [0, 0.05) is 37.7 Å². The average Bonchev–Trinajstić information content (AvgIpc) is 3.68. The number of carbonyl (C=O) groups excluding carboxylic acids is 2. The van der Waals surface area contributed by atoms with Gasteiger partial charge in [0.1, 0.15) is 5.75 Å². The zero-order chi connectivity index (χ0) is 24.6. The zero-order valence-corrected chi connectivity index (χ0v) is 21.4. The monoisotopic (exact) mass is 495 g/mol. The summed E-state index contributed by atoms with van der Waals surface area (Å²) >= 11 is 6.10. The molecule has 2 aromatic rings. The van der Waals surface area contributed by atoms with Gasteiger partial charge in [-0.05, 0) is 69.5 Å². The van der Waals surface area contributed by atoms with Gasteiger partial charge in [0.15, 0.2) is 0 Å². The summed E-state index contributed by atoms with van der Waals surface area (Å²) in [5, 5.41) is 0.665. The van der Waals surface area contributed by atoms with E-state index in [0.717, 1.165) is 43.5 Å². The molecule has 2 aromatic carbocycles. The van der Waals surface area contributed by atoms with Gasteiger partial charge in [0.05, 0.1) is 12.0 Å². The molecule has 2 amide bonds. The highest BCUT2D eigenvalue weighted by Crippen LogP contribution is 2.50. The van der Waals surface area contributed by atoms with Crippen LogP contribution in [0, 0.1) is 6.92 Å². The second-order valence-corrected chi connectivity index (χ2v) is 10.9. The largest absolute Gasteiger partial charge is 0.476 e. The number of piperazine rings is 1. The Morgan fingerprint density at radius 3 is 2.11 bits per heavy atom. The average molecular weight is 496 g/mol. The summed E-state index contributed by atoms with van der Waals surface area (Å²) in [6, 6.07) is 15.5. The first-order valence-corrected chi connectivity index (χ1v) is 13.0. The fourth-order valence-electron chi connectivity index (χ4n) is 5.45. The molecule has 1 aliphatic carbocycles. The zero-order valence-electron chi connectivity index (χ0n) is 20.6. The van der Waals surface area contributed by atoms with Gasteiger partial charge in [-0.2, -0.15) is 0 Å². The number of aryl methyl sites for hydroxylation is 1. The number of piperidine rings is 1. The maximum atomic E-state index is 14.0. The predicted octanol–water partition coefficient (Wildman–Crippen LogP) is 3.89. The molecule has 0 aromatic heterocycles. The van der Waals surface area contributed by atoms with Crippen molar-refractivity contribution in [3.8, 4) is 5.75 Å². The van der Waals surface area contributed by atoms with E-state index in [9.17, 15) is 9.59 Å². The van der Waals surface area contributed by atoms with Crippen LogP contribution in [0.3, 0.4) is 0 Å². The molecular formula is C28H34ClN3O3. The third-order valence-corrected chi connectivity index (χ3v) is 8.06. The molecule has 0 bridgehead atoms. The Hall–Kier alpha value is -2.57. The number of hydrogen-bond acceptors (Lipinski definition) is 4. The first kappa shape index (κ1) is 24.1. The van der Waals surface area contributed by atoms with Gasteiger partial charge < -0.3 is 19.4 Å². The highest BCUT2D eigenvalue weighted by molar-refractivity contribution is 6.30. The van der Waals surface area contributed by atoms with E-state index in [-0.39, 0.29) is 18.4 Å². The maximum absolute atomic E-state index is 14.0. The van der Waals surface area contributed by atoms with Crippen LogP contribution in [0.25, 0.3) is 0 Å². The number of rotatable bonds is 5. The van der Waals surface area contributed by atoms with E-state index in [0.29, 0.717) is 36.8 Å². The Balaban J connectivity index is 1.42. The molecule has 35 heavy (non-hydrogen) atoms. The van der Waals surface area contributed by atoms with Crippen molar-refractivity contribution in [1.82, 2.24) is 14.7 Å². The number of amides is 2. The van der Waals surface area contributed by atoms with E-state index in [2.05, 4.69) is 11.9 Å². The van der Waals surface area contributed by atoms with Crippen LogP contribution in [-0.4, -0.2) is 78.4 Å². The van der Waals surface area contributed by atoms with Crippen LogP contribution in [0.5, 0.6) is 5.75 Å². The van der Waals surface area contributed by atoms with Crippen LogP contribution in [-0.2, 0) is 15.0 Å². The van der Waals surface area contributed by atoms with E-state index in [1.54, 1.807) is 0 Å². The highest BCUT2D eigenvalue weighted by Gasteiger charge is 2.56. The minimum atomic E-state index is -1.07. The van der Waals surface area contributed by atoms with Crippen LogP contribution in [0.4, 0.5) is 0 Å². The first-order valence-electron chi connectivity index (χ1n) is 12.6. The van der Waals surface area contributed by atoms with Crippen LogP contribution in [0.15, 0.2) is 48.5 Å². The van der Waals surface area contributed by atoms with Crippen molar-refractivity contribution in [3.05, 3.63) is 64.7 Å². The molecule has 5 rings (SSSR count). The molecule has 3 aliphatic rings. The normalized spacial score (nSPS) is 24.2. The molecule has 1 saturated carbocycles. The second kappa shape index (κ2) is 9.47. The van der Waals surface area contributed by atoms with Crippen molar-refractivity contribution >= 4 is 23.4 Å². The summed E-state index contributed by atoms with van der Waals surface area (Å²) < 4.78 is 6.56. The summed E-state index contributed by atoms with van der Waals surface area (Å²) in [7, 11) is 2.08. The fraction of sp³-hybridized carbons (Fsp3) is 0.500. The number of likely N-dealkylation sites (tertiary alicyclic amines) is 1. The number of hydrogen-bond donors (Lipinski definition) is 0. The third kappa shape index (κ3) is 4.78. The van der Waals surface area contributed by atoms with E-state index < -0.39 is 11.0 Å². The lowest BCUT2D eigenvalue weighted by molar-refractivity contribution is -0.158. The van der Waals surface area contributed by atoms with Crippen LogP contribution in [0.1, 0.15) is 36.8 Å². The predicted molar refractivity (Wildman–Crippen MR) is 137 cm³/mol. The van der Waals surface area contributed by atoms with Crippen molar-refractivity contribution in [2.45, 2.75) is 43.6 Å². The number of nitrogens with zero attached hydrogens (tertiary/aromatic N) is 3. The maximum Gasteiger partial charge on any atom is 0.268 e. The smallest absolute Gasteiger partial charge is 0.268 e. The molecule has 1 unspecified atom stereocenters. The highest BCUT2D eigenvalue weighted by atomic mass is 35.5. The Bertz CT molecular complexity index is 1080. The molecule has 6 nitrogen and oxygen atoms in total. The van der Waals surface area contributed by atoms with Gasteiger partial charge in [-0.1, -0.05) is 41.4 Å². The summed E-state index contributed by atoms with van der Waals surface area (Å²) in [4.78, 5) is 34.0. The van der Waals surface area contributed by atoms with E-state index in [1.165, 1.54) is 0 Å². The molecule has 0 spiro atoms. The lowest BCUT2D eigenvalue weighted by Crippen LogP contribution is -2.64. The number of ether oxygens (including phenoxy) is 1. The molecule has 2 aliphatic heterocycles. The van der Waals surface area contributed by atoms with Gasteiger partial charge in [-0.15, -0.1) is 0 Å². The van der Waals surface area contributed by atoms with Crippen molar-refractivity contribution in [3.63, 3.8) is 0 Å². The third-order valence-electron chi connectivity index (χ3n) is 7.81. The summed E-state index contributed by atoms with van der Waals surface area (Å²) in [5.41, 5.74) is 0.563. The summed E-state index contributed by atoms with van der Waals surface area (Å²) in [6.45, 7) is 5.99. The number of carbonyl (C=O) groups is 2. The SMILES string of the molecule is Cc1ccc(OC2(C(=O)N3CCN(C)CC3)CCCN(C(=O)C3(c4ccc(Cl)cc4)CC3)C2)cc1. The molecule has 3 fully saturated rings. The Kier molecular flexibility index (Phi) is 6.53. The molecular weight excluding hydrogens is 462 g/mol. The summed E-state index contributed by atoms with van der Waals surface area (Å²) in [6.07, 6.45) is 2.97. The van der Waals surface area contributed by atoms with Crippen molar-refractivity contribution in [2.75, 3.05) is 46.3 Å². The van der Waals surface area contributed by atoms with Crippen LogP contribution in [0.2, 0.25) is 5.02 Å². The minimum absolute atomic E-state index is 0.0000138. The van der Waals surface area contributed by atoms with Crippen LogP contribution < -0.4 is 4.74 Å². The van der Waals surface area contributed by atoms with Gasteiger partial charge >= 0.3 is 0 Å². The van der Waals surface area contributed by atoms with E-state index in [1.807, 2.05) is 65.3 Å². The molecule has 1 atom stereocenters. The lowest BCUT2D eigenvalue weighted by Gasteiger charge is -2.45. The number of benzene rings is 2. The standard InChI is InChI=1S/C28H34ClN3O3/c1-21-4-10-24(11-5-21)35-28(26(34)31-18-16-30(2)17-19-31)12-3-15-32(20-28)25(33)27(13-14-27)22-6-8-23(29)9-7-22/h4-11H,3,12-20H2,1-2H3. The van der Waals surface area contributed by atoms with Crippen molar-refractivity contribution in [1.29, 1.82) is 0 Å². The van der Waals surface area contributed by atoms with Crippen LogP contribution >= 0.6 is 11.6 Å². The molecule has 186 valence electrons. The molecule has 7 heteroatoms. The molecule has 2 heterocycles. The molecule has 2 saturated heterocycles. The number of halogens is 1. The van der Waals surface area contributed by atoms with Gasteiger partial charge in [-0.3, -0.25) is 9.59 Å². The van der Waals surface area contributed by atoms with Gasteiger partial charge in [0.25, 0.3) is 5.91 Å². The second-order valence-electron chi connectivity index (χ2n) is 10.4. The first-order chi connectivity index (χ1) is 16.8. The van der Waals surface area contributed by atoms with E-state index >= 15 is 0 Å². The fourth-order valence-corrected chi connectivity index (χ4v) is 5.57. The molecule has 0 N–H and O–H groups in total. The lowest BCUT2D eigenvalue weighted by atomic mass is 9.87. The van der Waals surface area contributed by atoms with E-state index in [4.69, 9.17) is 16.3 Å². The topological polar surface area (TPSA) is 53.1 Å². The minimum Gasteiger partial charge on any atom is -0.476 e. The molecule has 0 radical (unpaired) electrons. The van der Waals surface area contributed by atoms with Crippen molar-refractivity contribution in [2.24, 2.45) is 0 Å².